The highest BCUT2D eigenvalue weighted by Crippen LogP contribution is 2.37. The molecule has 1 unspecified atom stereocenters. The molecule has 0 bridgehead atoms. The number of hydrogen-bond acceptors (Lipinski definition) is 4. The van der Waals surface area contributed by atoms with Gasteiger partial charge in [0.2, 0.25) is 5.91 Å². The fourth-order valence-electron chi connectivity index (χ4n) is 3.57. The zero-order valence-corrected chi connectivity index (χ0v) is 17.7. The lowest BCUT2D eigenvalue weighted by molar-refractivity contribution is -0.134. The standard InChI is InChI=1S/C21H26FN3O3S/c1-23(2)21(27)24(11-12-28-3)14-19(26)25-10-8-18-17(9-13-29-18)20(25)15-4-6-16(22)7-5-15/h4-7,9,13,20H,8,10-12,14H2,1-3H3. The summed E-state index contributed by atoms with van der Waals surface area (Å²) in [5.74, 6) is -0.447. The number of ether oxygens (including phenoxy) is 1. The third-order valence-electron chi connectivity index (χ3n) is 5.02. The van der Waals surface area contributed by atoms with Gasteiger partial charge in [0, 0.05) is 39.2 Å². The molecule has 0 N–H and O–H groups in total. The van der Waals surface area contributed by atoms with Gasteiger partial charge in [0.25, 0.3) is 0 Å². The summed E-state index contributed by atoms with van der Waals surface area (Å²) < 4.78 is 18.6. The number of urea groups is 1. The van der Waals surface area contributed by atoms with Crippen molar-refractivity contribution in [3.63, 3.8) is 0 Å². The average molecular weight is 420 g/mol. The van der Waals surface area contributed by atoms with Crippen LogP contribution in [0, 0.1) is 5.82 Å². The minimum absolute atomic E-state index is 0.0302. The maximum Gasteiger partial charge on any atom is 0.320 e. The molecule has 2 aromatic rings. The molecule has 0 aliphatic carbocycles. The van der Waals surface area contributed by atoms with E-state index in [0.717, 1.165) is 17.5 Å². The Morgan fingerprint density at radius 2 is 1.97 bits per heavy atom. The van der Waals surface area contributed by atoms with Gasteiger partial charge in [0.1, 0.15) is 12.4 Å². The molecule has 3 amide bonds. The van der Waals surface area contributed by atoms with Crippen LogP contribution in [0.15, 0.2) is 35.7 Å². The van der Waals surface area contributed by atoms with Crippen molar-refractivity contribution in [3.05, 3.63) is 57.5 Å². The van der Waals surface area contributed by atoms with Crippen LogP contribution in [0.1, 0.15) is 22.0 Å². The summed E-state index contributed by atoms with van der Waals surface area (Å²) in [7, 11) is 4.88. The van der Waals surface area contributed by atoms with Gasteiger partial charge in [-0.25, -0.2) is 9.18 Å². The molecular weight excluding hydrogens is 393 g/mol. The molecule has 0 saturated heterocycles. The normalized spacial score (nSPS) is 15.7. The predicted octanol–water partition coefficient (Wildman–Crippen LogP) is 2.99. The Morgan fingerprint density at radius 1 is 1.24 bits per heavy atom. The number of carbonyl (C=O) groups is 2. The van der Waals surface area contributed by atoms with Gasteiger partial charge in [0.05, 0.1) is 12.6 Å². The molecule has 0 spiro atoms. The lowest BCUT2D eigenvalue weighted by Crippen LogP contribution is -2.49. The van der Waals surface area contributed by atoms with E-state index >= 15 is 0 Å². The molecule has 3 rings (SSSR count). The van der Waals surface area contributed by atoms with Crippen molar-refractivity contribution in [2.75, 3.05) is 47.4 Å². The van der Waals surface area contributed by atoms with Crippen LogP contribution in [0.5, 0.6) is 0 Å². The Morgan fingerprint density at radius 3 is 2.62 bits per heavy atom. The van der Waals surface area contributed by atoms with Gasteiger partial charge in [0.15, 0.2) is 0 Å². The van der Waals surface area contributed by atoms with Crippen LogP contribution in [0.3, 0.4) is 0 Å². The number of rotatable bonds is 6. The lowest BCUT2D eigenvalue weighted by Gasteiger charge is -2.38. The molecule has 1 aliphatic heterocycles. The molecule has 156 valence electrons. The van der Waals surface area contributed by atoms with E-state index in [0.29, 0.717) is 19.7 Å². The third-order valence-corrected chi connectivity index (χ3v) is 6.01. The van der Waals surface area contributed by atoms with Crippen molar-refractivity contribution in [1.82, 2.24) is 14.7 Å². The quantitative estimate of drug-likeness (QED) is 0.723. The van der Waals surface area contributed by atoms with Gasteiger partial charge in [-0.3, -0.25) is 4.79 Å². The molecule has 2 heterocycles. The zero-order chi connectivity index (χ0) is 21.0. The van der Waals surface area contributed by atoms with E-state index in [1.54, 1.807) is 49.6 Å². The van der Waals surface area contributed by atoms with Crippen LogP contribution >= 0.6 is 11.3 Å². The van der Waals surface area contributed by atoms with Crippen LogP contribution in [0.2, 0.25) is 0 Å². The van der Waals surface area contributed by atoms with Crippen molar-refractivity contribution in [3.8, 4) is 0 Å². The molecule has 29 heavy (non-hydrogen) atoms. The molecular formula is C21H26FN3O3S. The van der Waals surface area contributed by atoms with Gasteiger partial charge in [-0.15, -0.1) is 11.3 Å². The van der Waals surface area contributed by atoms with E-state index in [4.69, 9.17) is 4.74 Å². The predicted molar refractivity (Wildman–Crippen MR) is 111 cm³/mol. The van der Waals surface area contributed by atoms with Gasteiger partial charge in [-0.2, -0.15) is 0 Å². The first-order chi connectivity index (χ1) is 13.9. The largest absolute Gasteiger partial charge is 0.383 e. The van der Waals surface area contributed by atoms with Gasteiger partial charge >= 0.3 is 6.03 Å². The number of benzene rings is 1. The Kier molecular flexibility index (Phi) is 6.87. The minimum atomic E-state index is -0.310. The molecule has 1 atom stereocenters. The number of thiophene rings is 1. The molecule has 0 radical (unpaired) electrons. The summed E-state index contributed by atoms with van der Waals surface area (Å²) in [4.78, 5) is 31.8. The van der Waals surface area contributed by atoms with Crippen LogP contribution in [-0.4, -0.2) is 74.1 Å². The number of hydrogen-bond donors (Lipinski definition) is 0. The highest BCUT2D eigenvalue weighted by Gasteiger charge is 2.34. The fourth-order valence-corrected chi connectivity index (χ4v) is 4.47. The van der Waals surface area contributed by atoms with Crippen molar-refractivity contribution >= 4 is 23.3 Å². The van der Waals surface area contributed by atoms with Gasteiger partial charge in [-0.05, 0) is 41.1 Å². The highest BCUT2D eigenvalue weighted by atomic mass is 32.1. The molecule has 1 aromatic heterocycles. The Balaban J connectivity index is 1.87. The Hall–Kier alpha value is -2.45. The van der Waals surface area contributed by atoms with Gasteiger partial charge < -0.3 is 19.4 Å². The first-order valence-electron chi connectivity index (χ1n) is 9.48. The van der Waals surface area contributed by atoms with E-state index in [1.807, 2.05) is 11.4 Å². The molecule has 0 saturated carbocycles. The summed E-state index contributed by atoms with van der Waals surface area (Å²) in [5.41, 5.74) is 1.94. The Labute approximate surface area is 174 Å². The van der Waals surface area contributed by atoms with E-state index in [2.05, 4.69) is 0 Å². The summed E-state index contributed by atoms with van der Waals surface area (Å²) in [6.07, 6.45) is 0.774. The van der Waals surface area contributed by atoms with Crippen molar-refractivity contribution < 1.29 is 18.7 Å². The van der Waals surface area contributed by atoms with E-state index in [9.17, 15) is 14.0 Å². The molecule has 6 nitrogen and oxygen atoms in total. The van der Waals surface area contributed by atoms with Crippen LogP contribution < -0.4 is 0 Å². The fraction of sp³-hybridized carbons (Fsp3) is 0.429. The number of methoxy groups -OCH3 is 1. The maximum atomic E-state index is 13.5. The summed E-state index contributed by atoms with van der Waals surface area (Å²) in [6.45, 7) is 1.21. The number of nitrogens with zero attached hydrogens (tertiary/aromatic N) is 3. The number of amides is 3. The number of carbonyl (C=O) groups excluding carboxylic acids is 2. The second-order valence-electron chi connectivity index (χ2n) is 7.18. The van der Waals surface area contributed by atoms with E-state index in [-0.39, 0.29) is 30.3 Å². The Bertz CT molecular complexity index is 853. The van der Waals surface area contributed by atoms with Crippen LogP contribution in [-0.2, 0) is 16.0 Å². The third kappa shape index (κ3) is 4.76. The van der Waals surface area contributed by atoms with Crippen LogP contribution in [0.4, 0.5) is 9.18 Å². The zero-order valence-electron chi connectivity index (χ0n) is 16.9. The highest BCUT2D eigenvalue weighted by molar-refractivity contribution is 7.10. The summed E-state index contributed by atoms with van der Waals surface area (Å²) >= 11 is 1.67. The molecule has 0 fully saturated rings. The van der Waals surface area contributed by atoms with Crippen LogP contribution in [0.25, 0.3) is 0 Å². The van der Waals surface area contributed by atoms with Gasteiger partial charge in [-0.1, -0.05) is 12.1 Å². The first kappa shape index (κ1) is 21.3. The smallest absolute Gasteiger partial charge is 0.320 e. The van der Waals surface area contributed by atoms with Crippen molar-refractivity contribution in [2.24, 2.45) is 0 Å². The average Bonchev–Trinajstić information content (AvgIpc) is 3.19. The summed E-state index contributed by atoms with van der Waals surface area (Å²) in [6, 6.07) is 7.79. The van der Waals surface area contributed by atoms with Crippen molar-refractivity contribution in [2.45, 2.75) is 12.5 Å². The second kappa shape index (κ2) is 9.37. The summed E-state index contributed by atoms with van der Waals surface area (Å²) in [5, 5.41) is 2.02. The van der Waals surface area contributed by atoms with E-state index in [1.165, 1.54) is 26.8 Å². The second-order valence-corrected chi connectivity index (χ2v) is 8.18. The SMILES string of the molecule is COCCN(CC(=O)N1CCc2sccc2C1c1ccc(F)cc1)C(=O)N(C)C. The monoisotopic (exact) mass is 419 g/mol. The van der Waals surface area contributed by atoms with Crippen molar-refractivity contribution in [1.29, 1.82) is 0 Å². The topological polar surface area (TPSA) is 53.1 Å². The minimum Gasteiger partial charge on any atom is -0.383 e. The lowest BCUT2D eigenvalue weighted by atomic mass is 9.93. The molecule has 1 aromatic carbocycles. The molecule has 8 heteroatoms. The number of halogens is 1. The number of fused-ring (bicyclic) bond motifs is 1. The molecule has 1 aliphatic rings. The first-order valence-corrected chi connectivity index (χ1v) is 10.4. The maximum absolute atomic E-state index is 13.5. The van der Waals surface area contributed by atoms with E-state index < -0.39 is 0 Å².